The van der Waals surface area contributed by atoms with E-state index in [-0.39, 0.29) is 11.4 Å². The Morgan fingerprint density at radius 2 is 2.12 bits per heavy atom. The van der Waals surface area contributed by atoms with E-state index in [1.165, 1.54) is 13.2 Å². The van der Waals surface area contributed by atoms with Gasteiger partial charge in [0.2, 0.25) is 0 Å². The van der Waals surface area contributed by atoms with E-state index in [1.807, 2.05) is 13.8 Å². The number of carboxylic acid groups (broad SMARTS) is 1. The number of methoxy groups -OCH3 is 1. The van der Waals surface area contributed by atoms with Gasteiger partial charge in [-0.1, -0.05) is 13.8 Å². The summed E-state index contributed by atoms with van der Waals surface area (Å²) in [6, 6.07) is 1.48. The number of hydrogen-bond acceptors (Lipinski definition) is 3. The number of hydrogen-bond donors (Lipinski definition) is 2. The Bertz CT molecular complexity index is 406. The van der Waals surface area contributed by atoms with Crippen LogP contribution < -0.4 is 0 Å². The first kappa shape index (κ1) is 12.3. The van der Waals surface area contributed by atoms with E-state index in [0.717, 1.165) is 0 Å². The Morgan fingerprint density at radius 1 is 1.50 bits per heavy atom. The summed E-state index contributed by atoms with van der Waals surface area (Å²) in [6.07, 6.45) is 0.633. The van der Waals surface area contributed by atoms with E-state index in [4.69, 9.17) is 5.11 Å². The average molecular weight is 225 g/mol. The minimum Gasteiger partial charge on any atom is -0.477 e. The van der Waals surface area contributed by atoms with Gasteiger partial charge in [-0.2, -0.15) is 0 Å². The van der Waals surface area contributed by atoms with Gasteiger partial charge >= 0.3 is 11.9 Å². The molecular weight excluding hydrogens is 210 g/mol. The van der Waals surface area contributed by atoms with Crippen molar-refractivity contribution < 1.29 is 19.4 Å². The van der Waals surface area contributed by atoms with Gasteiger partial charge in [0, 0.05) is 0 Å². The van der Waals surface area contributed by atoms with Crippen LogP contribution in [-0.4, -0.2) is 29.1 Å². The summed E-state index contributed by atoms with van der Waals surface area (Å²) in [7, 11) is 1.27. The molecule has 0 fully saturated rings. The van der Waals surface area contributed by atoms with Crippen molar-refractivity contribution in [2.24, 2.45) is 5.92 Å². The van der Waals surface area contributed by atoms with Crippen LogP contribution in [0.15, 0.2) is 6.07 Å². The third-order valence-electron chi connectivity index (χ3n) is 2.15. The number of aromatic nitrogens is 1. The van der Waals surface area contributed by atoms with Crippen LogP contribution in [0, 0.1) is 5.92 Å². The monoisotopic (exact) mass is 225 g/mol. The summed E-state index contributed by atoms with van der Waals surface area (Å²) in [5.41, 5.74) is 0.920. The molecule has 0 saturated heterocycles. The summed E-state index contributed by atoms with van der Waals surface area (Å²) in [5, 5.41) is 8.83. The van der Waals surface area contributed by atoms with Crippen molar-refractivity contribution in [3.63, 3.8) is 0 Å². The Morgan fingerprint density at radius 3 is 2.56 bits per heavy atom. The number of carbonyl (C=O) groups excluding carboxylic acids is 1. The maximum Gasteiger partial charge on any atom is 0.354 e. The number of aromatic amines is 1. The summed E-state index contributed by atoms with van der Waals surface area (Å²) in [4.78, 5) is 24.7. The molecule has 1 aromatic heterocycles. The van der Waals surface area contributed by atoms with Crippen molar-refractivity contribution in [3.8, 4) is 0 Å². The van der Waals surface area contributed by atoms with Crippen molar-refractivity contribution >= 4 is 11.9 Å². The minimum atomic E-state index is -1.08. The second kappa shape index (κ2) is 4.83. The molecule has 0 spiro atoms. The molecular formula is C11H15NO4. The van der Waals surface area contributed by atoms with E-state index >= 15 is 0 Å². The Kier molecular flexibility index (Phi) is 3.71. The minimum absolute atomic E-state index is 0.0102. The maximum atomic E-state index is 11.4. The first-order valence-corrected chi connectivity index (χ1v) is 4.99. The largest absolute Gasteiger partial charge is 0.477 e. The van der Waals surface area contributed by atoms with Crippen molar-refractivity contribution in [1.29, 1.82) is 0 Å². The summed E-state index contributed by atoms with van der Waals surface area (Å²) >= 11 is 0. The van der Waals surface area contributed by atoms with Gasteiger partial charge in [-0.15, -0.1) is 0 Å². The Labute approximate surface area is 93.4 Å². The molecule has 0 aliphatic heterocycles. The Balaban J connectivity index is 3.12. The lowest BCUT2D eigenvalue weighted by molar-refractivity contribution is 0.0593. The Hall–Kier alpha value is -1.78. The lowest BCUT2D eigenvalue weighted by Crippen LogP contribution is -2.07. The number of rotatable bonds is 4. The first-order chi connectivity index (χ1) is 7.45. The molecule has 0 radical (unpaired) electrons. The fourth-order valence-electron chi connectivity index (χ4n) is 1.50. The van der Waals surface area contributed by atoms with Crippen molar-refractivity contribution in [2.45, 2.75) is 20.3 Å². The van der Waals surface area contributed by atoms with E-state index in [9.17, 15) is 9.59 Å². The van der Waals surface area contributed by atoms with E-state index in [2.05, 4.69) is 9.72 Å². The maximum absolute atomic E-state index is 11.4. The highest BCUT2D eigenvalue weighted by Gasteiger charge is 2.19. The number of aromatic carboxylic acids is 1. The third-order valence-corrected chi connectivity index (χ3v) is 2.15. The standard InChI is InChI=1S/C11H15NO4/c1-6(2)4-7-5-8(10(13)14)12-9(7)11(15)16-3/h5-6,12H,4H2,1-3H3,(H,13,14). The molecule has 88 valence electrons. The van der Waals surface area contributed by atoms with Crippen LogP contribution in [0.4, 0.5) is 0 Å². The van der Waals surface area contributed by atoms with Gasteiger partial charge in [-0.3, -0.25) is 0 Å². The zero-order chi connectivity index (χ0) is 12.3. The number of nitrogens with one attached hydrogen (secondary N) is 1. The second-order valence-corrected chi connectivity index (χ2v) is 3.98. The van der Waals surface area contributed by atoms with Gasteiger partial charge in [0.05, 0.1) is 7.11 Å². The predicted octanol–water partition coefficient (Wildman–Crippen LogP) is 1.70. The van der Waals surface area contributed by atoms with E-state index in [0.29, 0.717) is 17.9 Å². The number of H-pyrrole nitrogens is 1. The van der Waals surface area contributed by atoms with Gasteiger partial charge in [-0.05, 0) is 24.0 Å². The zero-order valence-electron chi connectivity index (χ0n) is 9.53. The molecule has 16 heavy (non-hydrogen) atoms. The van der Waals surface area contributed by atoms with Gasteiger partial charge < -0.3 is 14.8 Å². The molecule has 0 unspecified atom stereocenters. The lowest BCUT2D eigenvalue weighted by Gasteiger charge is -2.04. The second-order valence-electron chi connectivity index (χ2n) is 3.98. The SMILES string of the molecule is COC(=O)c1[nH]c(C(=O)O)cc1CC(C)C. The van der Waals surface area contributed by atoms with Crippen LogP contribution in [0.25, 0.3) is 0 Å². The summed E-state index contributed by atoms with van der Waals surface area (Å²) < 4.78 is 4.59. The van der Waals surface area contributed by atoms with Gasteiger partial charge in [-0.25, -0.2) is 9.59 Å². The molecule has 0 aliphatic rings. The highest BCUT2D eigenvalue weighted by molar-refractivity contribution is 5.93. The van der Waals surface area contributed by atoms with Crippen LogP contribution in [0.1, 0.15) is 40.4 Å². The zero-order valence-corrected chi connectivity index (χ0v) is 9.53. The molecule has 0 bridgehead atoms. The highest BCUT2D eigenvalue weighted by atomic mass is 16.5. The van der Waals surface area contributed by atoms with E-state index < -0.39 is 11.9 Å². The molecule has 0 atom stereocenters. The van der Waals surface area contributed by atoms with Gasteiger partial charge in [0.15, 0.2) is 0 Å². The molecule has 0 saturated carbocycles. The molecule has 5 heteroatoms. The van der Waals surface area contributed by atoms with Gasteiger partial charge in [0.1, 0.15) is 11.4 Å². The normalized spacial score (nSPS) is 10.5. The van der Waals surface area contributed by atoms with Crippen molar-refractivity contribution in [1.82, 2.24) is 4.98 Å². The van der Waals surface area contributed by atoms with Gasteiger partial charge in [0.25, 0.3) is 0 Å². The fourth-order valence-corrected chi connectivity index (χ4v) is 1.50. The highest BCUT2D eigenvalue weighted by Crippen LogP contribution is 2.16. The number of esters is 1. The van der Waals surface area contributed by atoms with Crippen LogP contribution in [0.3, 0.4) is 0 Å². The smallest absolute Gasteiger partial charge is 0.354 e. The molecule has 0 aliphatic carbocycles. The molecule has 5 nitrogen and oxygen atoms in total. The molecule has 0 amide bonds. The first-order valence-electron chi connectivity index (χ1n) is 4.99. The summed E-state index contributed by atoms with van der Waals surface area (Å²) in [6.45, 7) is 3.99. The molecule has 1 aromatic rings. The van der Waals surface area contributed by atoms with Crippen LogP contribution in [0.5, 0.6) is 0 Å². The topological polar surface area (TPSA) is 79.4 Å². The van der Waals surface area contributed by atoms with Crippen molar-refractivity contribution in [3.05, 3.63) is 23.0 Å². The lowest BCUT2D eigenvalue weighted by atomic mass is 10.0. The number of ether oxygens (including phenoxy) is 1. The van der Waals surface area contributed by atoms with Crippen LogP contribution >= 0.6 is 0 Å². The molecule has 1 rings (SSSR count). The van der Waals surface area contributed by atoms with E-state index in [1.54, 1.807) is 0 Å². The molecule has 2 N–H and O–H groups in total. The summed E-state index contributed by atoms with van der Waals surface area (Å²) in [5.74, 6) is -1.29. The number of carboxylic acids is 1. The average Bonchev–Trinajstić information content (AvgIpc) is 2.59. The fraction of sp³-hybridized carbons (Fsp3) is 0.455. The number of carbonyl (C=O) groups is 2. The molecule has 0 aromatic carbocycles. The third kappa shape index (κ3) is 2.62. The predicted molar refractivity (Wildman–Crippen MR) is 57.6 cm³/mol. The quantitative estimate of drug-likeness (QED) is 0.764. The van der Waals surface area contributed by atoms with Crippen molar-refractivity contribution in [2.75, 3.05) is 7.11 Å². The molecule has 1 heterocycles. The van der Waals surface area contributed by atoms with Crippen LogP contribution in [0.2, 0.25) is 0 Å². The van der Waals surface area contributed by atoms with Crippen LogP contribution in [-0.2, 0) is 11.2 Å².